The molecule has 0 heterocycles. The van der Waals surface area contributed by atoms with Crippen molar-refractivity contribution in [1.29, 1.82) is 0 Å². The van der Waals surface area contributed by atoms with E-state index in [9.17, 15) is 4.79 Å². The number of carbonyl (C=O) groups is 1. The highest BCUT2D eigenvalue weighted by atomic mass is 16.1. The van der Waals surface area contributed by atoms with Crippen LogP contribution in [0.3, 0.4) is 0 Å². The van der Waals surface area contributed by atoms with Crippen molar-refractivity contribution in [2.75, 3.05) is 26.0 Å². The van der Waals surface area contributed by atoms with Gasteiger partial charge in [0, 0.05) is 32.4 Å². The van der Waals surface area contributed by atoms with Gasteiger partial charge in [-0.25, -0.2) is 0 Å². The standard InChI is InChI=1S/C18H20N4O/c1-19-18(23)17(15-7-5-4-6-8-15)21-20-13-14-9-11-16(12-10-14)22(2)3/h4-13H,1-3H3,(H,19,23)/b20-13+,21-17-. The summed E-state index contributed by atoms with van der Waals surface area (Å²) in [6, 6.07) is 17.2. The van der Waals surface area contributed by atoms with Crippen LogP contribution in [0.4, 0.5) is 5.69 Å². The minimum atomic E-state index is -0.267. The number of carbonyl (C=O) groups excluding carboxylic acids is 1. The maximum absolute atomic E-state index is 12.0. The Bertz CT molecular complexity index is 704. The van der Waals surface area contributed by atoms with Crippen molar-refractivity contribution >= 4 is 23.5 Å². The van der Waals surface area contributed by atoms with Crippen molar-refractivity contribution in [3.05, 3.63) is 65.7 Å². The summed E-state index contributed by atoms with van der Waals surface area (Å²) in [5.74, 6) is -0.267. The molecule has 2 aromatic rings. The average molecular weight is 308 g/mol. The predicted octanol–water partition coefficient (Wildman–Crippen LogP) is 2.32. The van der Waals surface area contributed by atoms with Gasteiger partial charge in [-0.1, -0.05) is 42.5 Å². The van der Waals surface area contributed by atoms with Gasteiger partial charge < -0.3 is 10.2 Å². The average Bonchev–Trinajstić information content (AvgIpc) is 2.59. The molecule has 0 atom stereocenters. The van der Waals surface area contributed by atoms with Crippen molar-refractivity contribution in [2.24, 2.45) is 10.2 Å². The van der Waals surface area contributed by atoms with E-state index in [4.69, 9.17) is 0 Å². The quantitative estimate of drug-likeness (QED) is 0.681. The zero-order chi connectivity index (χ0) is 16.7. The van der Waals surface area contributed by atoms with E-state index in [2.05, 4.69) is 15.5 Å². The Hall–Kier alpha value is -2.95. The van der Waals surface area contributed by atoms with Crippen LogP contribution in [-0.4, -0.2) is 39.0 Å². The van der Waals surface area contributed by atoms with Gasteiger partial charge in [-0.15, -0.1) is 5.10 Å². The highest BCUT2D eigenvalue weighted by molar-refractivity contribution is 6.45. The summed E-state index contributed by atoms with van der Waals surface area (Å²) < 4.78 is 0. The van der Waals surface area contributed by atoms with E-state index >= 15 is 0 Å². The zero-order valence-electron chi connectivity index (χ0n) is 13.5. The van der Waals surface area contributed by atoms with Crippen LogP contribution in [0, 0.1) is 0 Å². The van der Waals surface area contributed by atoms with Crippen molar-refractivity contribution in [3.8, 4) is 0 Å². The van der Waals surface area contributed by atoms with Crippen LogP contribution in [-0.2, 0) is 4.79 Å². The molecule has 2 rings (SSSR count). The molecule has 0 aromatic heterocycles. The van der Waals surface area contributed by atoms with Crippen LogP contribution in [0.5, 0.6) is 0 Å². The summed E-state index contributed by atoms with van der Waals surface area (Å²) in [7, 11) is 5.55. The van der Waals surface area contributed by atoms with E-state index < -0.39 is 0 Å². The number of anilines is 1. The maximum Gasteiger partial charge on any atom is 0.272 e. The highest BCUT2D eigenvalue weighted by Crippen LogP contribution is 2.11. The SMILES string of the molecule is CNC(=O)/C(=N\N=C\c1ccc(N(C)C)cc1)c1ccccc1. The highest BCUT2D eigenvalue weighted by Gasteiger charge is 2.11. The number of benzene rings is 2. The lowest BCUT2D eigenvalue weighted by Gasteiger charge is -2.11. The van der Waals surface area contributed by atoms with Gasteiger partial charge in [-0.05, 0) is 17.7 Å². The summed E-state index contributed by atoms with van der Waals surface area (Å²) in [6.45, 7) is 0. The number of hydrogen-bond acceptors (Lipinski definition) is 4. The Morgan fingerprint density at radius 3 is 2.26 bits per heavy atom. The summed E-state index contributed by atoms with van der Waals surface area (Å²) in [5, 5.41) is 10.7. The second-order valence-electron chi connectivity index (χ2n) is 5.12. The molecule has 5 heteroatoms. The molecule has 0 saturated carbocycles. The number of rotatable bonds is 5. The topological polar surface area (TPSA) is 57.1 Å². The van der Waals surface area contributed by atoms with Gasteiger partial charge in [0.05, 0.1) is 6.21 Å². The molecule has 0 fully saturated rings. The lowest BCUT2D eigenvalue weighted by molar-refractivity contribution is -0.114. The van der Waals surface area contributed by atoms with E-state index in [1.807, 2.05) is 73.6 Å². The minimum Gasteiger partial charge on any atom is -0.378 e. The third kappa shape index (κ3) is 4.51. The number of hydrogen-bond donors (Lipinski definition) is 1. The summed E-state index contributed by atoms with van der Waals surface area (Å²) in [6.07, 6.45) is 1.63. The molecule has 1 N–H and O–H groups in total. The Kier molecular flexibility index (Phi) is 5.63. The van der Waals surface area contributed by atoms with Crippen LogP contribution < -0.4 is 10.2 Å². The summed E-state index contributed by atoms with van der Waals surface area (Å²) in [4.78, 5) is 14.0. The second kappa shape index (κ2) is 7.89. The molecular weight excluding hydrogens is 288 g/mol. The molecule has 5 nitrogen and oxygen atoms in total. The predicted molar refractivity (Wildman–Crippen MR) is 95.4 cm³/mol. The molecule has 0 radical (unpaired) electrons. The Morgan fingerprint density at radius 2 is 1.70 bits per heavy atom. The van der Waals surface area contributed by atoms with Gasteiger partial charge in [-0.3, -0.25) is 4.79 Å². The van der Waals surface area contributed by atoms with Gasteiger partial charge in [0.2, 0.25) is 0 Å². The van der Waals surface area contributed by atoms with Gasteiger partial charge in [-0.2, -0.15) is 5.10 Å². The largest absolute Gasteiger partial charge is 0.378 e. The van der Waals surface area contributed by atoms with Gasteiger partial charge in [0.25, 0.3) is 5.91 Å². The molecule has 0 aliphatic carbocycles. The molecule has 2 aromatic carbocycles. The van der Waals surface area contributed by atoms with Gasteiger partial charge in [0.1, 0.15) is 0 Å². The molecule has 118 valence electrons. The molecule has 0 unspecified atom stereocenters. The summed E-state index contributed by atoms with van der Waals surface area (Å²) in [5.41, 5.74) is 3.05. The lowest BCUT2D eigenvalue weighted by atomic mass is 10.1. The van der Waals surface area contributed by atoms with Crippen molar-refractivity contribution in [2.45, 2.75) is 0 Å². The minimum absolute atomic E-state index is 0.267. The van der Waals surface area contributed by atoms with Crippen molar-refractivity contribution < 1.29 is 4.79 Å². The third-order valence-corrected chi connectivity index (χ3v) is 3.26. The maximum atomic E-state index is 12.0. The Balaban J connectivity index is 2.21. The lowest BCUT2D eigenvalue weighted by Crippen LogP contribution is -2.28. The van der Waals surface area contributed by atoms with E-state index in [0.717, 1.165) is 16.8 Å². The molecule has 0 aliphatic rings. The molecule has 0 aliphatic heterocycles. The number of nitrogens with zero attached hydrogens (tertiary/aromatic N) is 3. The first-order valence-corrected chi connectivity index (χ1v) is 7.27. The first-order valence-electron chi connectivity index (χ1n) is 7.27. The van der Waals surface area contributed by atoms with Crippen LogP contribution in [0.25, 0.3) is 0 Å². The van der Waals surface area contributed by atoms with E-state index in [1.54, 1.807) is 13.3 Å². The molecule has 0 bridgehead atoms. The fraction of sp³-hybridized carbons (Fsp3) is 0.167. The van der Waals surface area contributed by atoms with Crippen LogP contribution in [0.15, 0.2) is 64.8 Å². The van der Waals surface area contributed by atoms with Crippen molar-refractivity contribution in [3.63, 3.8) is 0 Å². The van der Waals surface area contributed by atoms with Crippen LogP contribution in [0.1, 0.15) is 11.1 Å². The fourth-order valence-electron chi connectivity index (χ4n) is 1.96. The number of nitrogens with one attached hydrogen (secondary N) is 1. The van der Waals surface area contributed by atoms with Gasteiger partial charge in [0.15, 0.2) is 5.71 Å². The molecule has 0 spiro atoms. The van der Waals surface area contributed by atoms with Crippen LogP contribution in [0.2, 0.25) is 0 Å². The fourth-order valence-corrected chi connectivity index (χ4v) is 1.96. The monoisotopic (exact) mass is 308 g/mol. The third-order valence-electron chi connectivity index (χ3n) is 3.26. The first-order chi connectivity index (χ1) is 11.1. The Labute approximate surface area is 136 Å². The smallest absolute Gasteiger partial charge is 0.272 e. The van der Waals surface area contributed by atoms with E-state index in [-0.39, 0.29) is 11.6 Å². The number of likely N-dealkylation sites (N-methyl/N-ethyl adjacent to an activating group) is 1. The summed E-state index contributed by atoms with van der Waals surface area (Å²) >= 11 is 0. The number of amides is 1. The van der Waals surface area contributed by atoms with Crippen molar-refractivity contribution in [1.82, 2.24) is 5.32 Å². The molecular formula is C18H20N4O. The Morgan fingerprint density at radius 1 is 1.04 bits per heavy atom. The molecule has 23 heavy (non-hydrogen) atoms. The van der Waals surface area contributed by atoms with E-state index in [0.29, 0.717) is 0 Å². The molecule has 0 saturated heterocycles. The second-order valence-corrected chi connectivity index (χ2v) is 5.12. The first kappa shape index (κ1) is 16.4. The van der Waals surface area contributed by atoms with E-state index in [1.165, 1.54) is 0 Å². The molecule has 1 amide bonds. The normalized spacial score (nSPS) is 11.5. The zero-order valence-corrected chi connectivity index (χ0v) is 13.5. The van der Waals surface area contributed by atoms with Crippen LogP contribution >= 0.6 is 0 Å². The van der Waals surface area contributed by atoms with Gasteiger partial charge >= 0.3 is 0 Å².